The summed E-state index contributed by atoms with van der Waals surface area (Å²) in [7, 11) is 1.69. The largest absolute Gasteiger partial charge is 0.497 e. The number of ether oxygens (including phenoxy) is 1. The van der Waals surface area contributed by atoms with E-state index >= 15 is 0 Å². The SMILES string of the molecule is COc1cccc(N2CCC(CNC(=O)NCC(c3ccco3)N3CCCC3)C2)c1. The molecule has 162 valence electrons. The number of urea groups is 1. The molecule has 0 radical (unpaired) electrons. The molecule has 2 amide bonds. The number of amides is 2. The Morgan fingerprint density at radius 3 is 2.83 bits per heavy atom. The lowest BCUT2D eigenvalue weighted by Gasteiger charge is -2.26. The molecule has 1 aromatic heterocycles. The minimum Gasteiger partial charge on any atom is -0.497 e. The molecule has 7 nitrogen and oxygen atoms in total. The molecule has 3 heterocycles. The predicted octanol–water partition coefficient (Wildman–Crippen LogP) is 3.25. The molecule has 0 aliphatic carbocycles. The number of carbonyl (C=O) groups excluding carboxylic acids is 1. The van der Waals surface area contributed by atoms with Crippen LogP contribution in [0.3, 0.4) is 0 Å². The molecule has 0 spiro atoms. The van der Waals surface area contributed by atoms with Gasteiger partial charge in [0.05, 0.1) is 19.4 Å². The highest BCUT2D eigenvalue weighted by Crippen LogP contribution is 2.27. The number of anilines is 1. The Kier molecular flexibility index (Phi) is 6.79. The van der Waals surface area contributed by atoms with Gasteiger partial charge in [-0.15, -0.1) is 0 Å². The predicted molar refractivity (Wildman–Crippen MR) is 117 cm³/mol. The van der Waals surface area contributed by atoms with Crippen LogP contribution >= 0.6 is 0 Å². The minimum absolute atomic E-state index is 0.100. The van der Waals surface area contributed by atoms with E-state index < -0.39 is 0 Å². The third-order valence-corrected chi connectivity index (χ3v) is 6.16. The van der Waals surface area contributed by atoms with Gasteiger partial charge in [-0.2, -0.15) is 0 Å². The van der Waals surface area contributed by atoms with Crippen LogP contribution in [0.1, 0.15) is 31.1 Å². The number of benzene rings is 1. The molecule has 2 fully saturated rings. The van der Waals surface area contributed by atoms with Crippen LogP contribution in [0.5, 0.6) is 5.75 Å². The molecule has 2 aliphatic heterocycles. The third kappa shape index (κ3) is 5.08. The Bertz CT molecular complexity index is 805. The van der Waals surface area contributed by atoms with Gasteiger partial charge >= 0.3 is 6.03 Å². The second-order valence-corrected chi connectivity index (χ2v) is 8.17. The maximum absolute atomic E-state index is 12.4. The molecular formula is C23H32N4O3. The summed E-state index contributed by atoms with van der Waals surface area (Å²) in [5.41, 5.74) is 1.17. The fraction of sp³-hybridized carbons (Fsp3) is 0.522. The zero-order chi connectivity index (χ0) is 20.8. The Morgan fingerprint density at radius 1 is 1.20 bits per heavy atom. The number of carbonyl (C=O) groups is 1. The van der Waals surface area contributed by atoms with Crippen molar-refractivity contribution in [3.05, 3.63) is 48.4 Å². The van der Waals surface area contributed by atoms with Crippen molar-refractivity contribution in [1.82, 2.24) is 15.5 Å². The summed E-state index contributed by atoms with van der Waals surface area (Å²) in [6.07, 6.45) is 5.18. The third-order valence-electron chi connectivity index (χ3n) is 6.16. The van der Waals surface area contributed by atoms with Crippen molar-refractivity contribution >= 4 is 11.7 Å². The molecule has 0 saturated carbocycles. The van der Waals surface area contributed by atoms with Crippen LogP contribution in [0, 0.1) is 5.92 Å². The number of nitrogens with one attached hydrogen (secondary N) is 2. The minimum atomic E-state index is -0.106. The summed E-state index contributed by atoms with van der Waals surface area (Å²) in [4.78, 5) is 17.2. The number of nitrogens with zero attached hydrogens (tertiary/aromatic N) is 2. The Balaban J connectivity index is 1.23. The van der Waals surface area contributed by atoms with E-state index in [4.69, 9.17) is 9.15 Å². The smallest absolute Gasteiger partial charge is 0.314 e. The van der Waals surface area contributed by atoms with Crippen LogP contribution in [0.2, 0.25) is 0 Å². The molecule has 7 heteroatoms. The topological polar surface area (TPSA) is 70.0 Å². The molecule has 2 aliphatic rings. The van der Waals surface area contributed by atoms with Crippen molar-refractivity contribution in [2.75, 3.05) is 51.3 Å². The first kappa shape index (κ1) is 20.6. The average Bonchev–Trinajstić information content (AvgIpc) is 3.55. The summed E-state index contributed by atoms with van der Waals surface area (Å²) in [5, 5.41) is 6.11. The van der Waals surface area contributed by atoms with Gasteiger partial charge in [-0.3, -0.25) is 4.90 Å². The van der Waals surface area contributed by atoms with Crippen LogP contribution in [0.25, 0.3) is 0 Å². The number of rotatable bonds is 8. The van der Waals surface area contributed by atoms with Crippen LogP contribution in [-0.4, -0.2) is 57.3 Å². The van der Waals surface area contributed by atoms with Crippen molar-refractivity contribution in [2.24, 2.45) is 5.92 Å². The Morgan fingerprint density at radius 2 is 2.07 bits per heavy atom. The monoisotopic (exact) mass is 412 g/mol. The first-order valence-electron chi connectivity index (χ1n) is 10.9. The zero-order valence-corrected chi connectivity index (χ0v) is 17.7. The maximum Gasteiger partial charge on any atom is 0.314 e. The molecule has 2 atom stereocenters. The first-order chi connectivity index (χ1) is 14.7. The van der Waals surface area contributed by atoms with Gasteiger partial charge < -0.3 is 24.7 Å². The van der Waals surface area contributed by atoms with E-state index in [2.05, 4.69) is 32.6 Å². The van der Waals surface area contributed by atoms with Gasteiger partial charge in [0.1, 0.15) is 11.5 Å². The highest BCUT2D eigenvalue weighted by atomic mass is 16.5. The van der Waals surface area contributed by atoms with Crippen LogP contribution in [0.15, 0.2) is 47.1 Å². The average molecular weight is 413 g/mol. The fourth-order valence-corrected chi connectivity index (χ4v) is 4.47. The molecule has 0 bridgehead atoms. The van der Waals surface area contributed by atoms with Crippen molar-refractivity contribution in [3.8, 4) is 5.75 Å². The lowest BCUT2D eigenvalue weighted by Crippen LogP contribution is -2.43. The molecule has 30 heavy (non-hydrogen) atoms. The van der Waals surface area contributed by atoms with Crippen molar-refractivity contribution in [1.29, 1.82) is 0 Å². The molecule has 2 N–H and O–H groups in total. The molecule has 2 saturated heterocycles. The van der Waals surface area contributed by atoms with E-state index in [1.807, 2.05) is 24.3 Å². The Labute approximate surface area is 178 Å². The lowest BCUT2D eigenvalue weighted by molar-refractivity contribution is 0.203. The normalized spacial score (nSPS) is 20.3. The molecular weight excluding hydrogens is 380 g/mol. The van der Waals surface area contributed by atoms with Gasteiger partial charge in [-0.25, -0.2) is 4.79 Å². The van der Waals surface area contributed by atoms with E-state index in [1.165, 1.54) is 18.5 Å². The van der Waals surface area contributed by atoms with E-state index in [-0.39, 0.29) is 12.1 Å². The highest BCUT2D eigenvalue weighted by Gasteiger charge is 2.27. The second-order valence-electron chi connectivity index (χ2n) is 8.17. The molecule has 2 unspecified atom stereocenters. The molecule has 4 rings (SSSR count). The first-order valence-corrected chi connectivity index (χ1v) is 10.9. The summed E-state index contributed by atoms with van der Waals surface area (Å²) in [5.74, 6) is 2.24. The summed E-state index contributed by atoms with van der Waals surface area (Å²) in [6.45, 7) is 5.28. The van der Waals surface area contributed by atoms with Crippen molar-refractivity contribution in [3.63, 3.8) is 0 Å². The summed E-state index contributed by atoms with van der Waals surface area (Å²) in [6, 6.07) is 12.0. The van der Waals surface area contributed by atoms with Crippen LogP contribution < -0.4 is 20.3 Å². The van der Waals surface area contributed by atoms with E-state index in [1.54, 1.807) is 13.4 Å². The van der Waals surface area contributed by atoms with E-state index in [0.717, 1.165) is 44.1 Å². The van der Waals surface area contributed by atoms with E-state index in [0.29, 0.717) is 19.0 Å². The summed E-state index contributed by atoms with van der Waals surface area (Å²) >= 11 is 0. The number of hydrogen-bond donors (Lipinski definition) is 2. The van der Waals surface area contributed by atoms with E-state index in [9.17, 15) is 4.79 Å². The van der Waals surface area contributed by atoms with Gasteiger partial charge in [0.15, 0.2) is 0 Å². The van der Waals surface area contributed by atoms with Crippen LogP contribution in [-0.2, 0) is 0 Å². The van der Waals surface area contributed by atoms with Crippen molar-refractivity contribution < 1.29 is 13.9 Å². The lowest BCUT2D eigenvalue weighted by atomic mass is 10.1. The standard InChI is InChI=1S/C23H32N4O3/c1-29-20-7-4-6-19(14-20)27-12-9-18(17-27)15-24-23(28)25-16-21(22-8-5-13-30-22)26-10-2-3-11-26/h4-8,13-14,18,21H,2-3,9-12,15-17H2,1H3,(H2,24,25,28). The van der Waals surface area contributed by atoms with Gasteiger partial charge in [-0.1, -0.05) is 6.07 Å². The quantitative estimate of drug-likeness (QED) is 0.697. The number of furan rings is 1. The van der Waals surface area contributed by atoms with Gasteiger partial charge in [0.2, 0.25) is 0 Å². The molecule has 1 aromatic carbocycles. The maximum atomic E-state index is 12.4. The number of methoxy groups -OCH3 is 1. The molecule has 2 aromatic rings. The van der Waals surface area contributed by atoms with Gasteiger partial charge in [0, 0.05) is 37.9 Å². The van der Waals surface area contributed by atoms with Gasteiger partial charge in [0.25, 0.3) is 0 Å². The number of likely N-dealkylation sites (tertiary alicyclic amines) is 1. The van der Waals surface area contributed by atoms with Crippen LogP contribution in [0.4, 0.5) is 10.5 Å². The Hall–Kier alpha value is -2.67. The second kappa shape index (κ2) is 9.89. The zero-order valence-electron chi connectivity index (χ0n) is 17.7. The fourth-order valence-electron chi connectivity index (χ4n) is 4.47. The highest BCUT2D eigenvalue weighted by molar-refractivity contribution is 5.73. The summed E-state index contributed by atoms with van der Waals surface area (Å²) < 4.78 is 11.0. The number of hydrogen-bond acceptors (Lipinski definition) is 5. The van der Waals surface area contributed by atoms with Crippen molar-refractivity contribution in [2.45, 2.75) is 25.3 Å². The van der Waals surface area contributed by atoms with Gasteiger partial charge in [-0.05, 0) is 62.5 Å².